The average Bonchev–Trinajstić information content (AvgIpc) is 3.17. The number of fused-ring (bicyclic) bond motifs is 1. The molecule has 0 atom stereocenters. The Bertz CT molecular complexity index is 1120. The Morgan fingerprint density at radius 3 is 2.61 bits per heavy atom. The van der Waals surface area contributed by atoms with Crippen LogP contribution < -0.4 is 5.73 Å². The van der Waals surface area contributed by atoms with Gasteiger partial charge in [0.25, 0.3) is 0 Å². The second-order valence-corrected chi connectivity index (χ2v) is 6.78. The van der Waals surface area contributed by atoms with Crippen LogP contribution in [0.2, 0.25) is 0 Å². The zero-order valence-electron chi connectivity index (χ0n) is 16.2. The molecule has 4 rings (SSSR count). The third kappa shape index (κ3) is 5.06. The minimum atomic E-state index is -4.81. The standard InChI is InChI=1S/C13H11F4N3.C8H6N2O/c14-11-9(4-5-18-12(11)13(15,16)17)10-7-8-3-1-2-6-20(8)19-10;9-5-6-2-1-3-7(4-6)8(10)11/h4-5,7H,1-3,6H2;1-4H,(H2,10,11). The van der Waals surface area contributed by atoms with Crippen LogP contribution >= 0.6 is 0 Å². The lowest BCUT2D eigenvalue weighted by molar-refractivity contribution is -0.143. The van der Waals surface area contributed by atoms with Gasteiger partial charge in [-0.05, 0) is 49.6 Å². The zero-order chi connectivity index (χ0) is 22.6. The lowest BCUT2D eigenvalue weighted by Crippen LogP contribution is -2.12. The summed E-state index contributed by atoms with van der Waals surface area (Å²) in [4.78, 5) is 13.7. The van der Waals surface area contributed by atoms with Gasteiger partial charge in [0.15, 0.2) is 11.5 Å². The highest BCUT2D eigenvalue weighted by atomic mass is 19.4. The number of rotatable bonds is 2. The van der Waals surface area contributed by atoms with E-state index >= 15 is 0 Å². The van der Waals surface area contributed by atoms with E-state index in [9.17, 15) is 22.4 Å². The lowest BCUT2D eigenvalue weighted by Gasteiger charge is -2.11. The van der Waals surface area contributed by atoms with Crippen LogP contribution in [0.25, 0.3) is 11.3 Å². The molecule has 3 heterocycles. The molecule has 0 unspecified atom stereocenters. The largest absolute Gasteiger partial charge is 0.436 e. The number of carbonyl (C=O) groups is 1. The molecule has 0 fully saturated rings. The normalized spacial score (nSPS) is 12.9. The lowest BCUT2D eigenvalue weighted by atomic mass is 10.1. The van der Waals surface area contributed by atoms with Gasteiger partial charge in [-0.25, -0.2) is 9.37 Å². The Kier molecular flexibility index (Phi) is 6.34. The van der Waals surface area contributed by atoms with Crippen molar-refractivity contribution in [2.24, 2.45) is 5.73 Å². The SMILES string of the molecule is Fc1c(-c2cc3n(n2)CCCC3)ccnc1C(F)(F)F.N#Cc1cccc(C(N)=O)c1. The molecular formula is C21H17F4N5O. The van der Waals surface area contributed by atoms with Gasteiger partial charge in [-0.2, -0.15) is 23.5 Å². The summed E-state index contributed by atoms with van der Waals surface area (Å²) >= 11 is 0. The number of aromatic nitrogens is 3. The van der Waals surface area contributed by atoms with Crippen molar-refractivity contribution in [3.05, 3.63) is 70.9 Å². The van der Waals surface area contributed by atoms with E-state index in [2.05, 4.69) is 10.1 Å². The van der Waals surface area contributed by atoms with E-state index in [0.29, 0.717) is 17.7 Å². The van der Waals surface area contributed by atoms with Crippen molar-refractivity contribution < 1.29 is 22.4 Å². The van der Waals surface area contributed by atoms with Crippen molar-refractivity contribution in [1.29, 1.82) is 5.26 Å². The predicted octanol–water partition coefficient (Wildman–Crippen LogP) is 4.10. The van der Waals surface area contributed by atoms with Crippen LogP contribution in [0, 0.1) is 17.1 Å². The van der Waals surface area contributed by atoms with E-state index in [1.165, 1.54) is 12.1 Å². The van der Waals surface area contributed by atoms with Gasteiger partial charge in [-0.15, -0.1) is 0 Å². The molecule has 0 saturated heterocycles. The van der Waals surface area contributed by atoms with E-state index < -0.39 is 23.6 Å². The van der Waals surface area contributed by atoms with Crippen molar-refractivity contribution in [1.82, 2.24) is 14.8 Å². The van der Waals surface area contributed by atoms with Crippen LogP contribution in [-0.2, 0) is 19.1 Å². The monoisotopic (exact) mass is 431 g/mol. The maximum absolute atomic E-state index is 14.0. The van der Waals surface area contributed by atoms with Crippen LogP contribution in [-0.4, -0.2) is 20.7 Å². The minimum Gasteiger partial charge on any atom is -0.366 e. The number of benzene rings is 1. The van der Waals surface area contributed by atoms with Crippen LogP contribution in [0.4, 0.5) is 17.6 Å². The van der Waals surface area contributed by atoms with E-state index in [1.54, 1.807) is 28.9 Å². The average molecular weight is 431 g/mol. The molecule has 160 valence electrons. The van der Waals surface area contributed by atoms with Gasteiger partial charge >= 0.3 is 6.18 Å². The number of nitrogens with zero attached hydrogens (tertiary/aromatic N) is 4. The van der Waals surface area contributed by atoms with Crippen molar-refractivity contribution in [2.45, 2.75) is 32.0 Å². The van der Waals surface area contributed by atoms with Gasteiger partial charge in [0, 0.05) is 29.6 Å². The highest BCUT2D eigenvalue weighted by Crippen LogP contribution is 2.34. The number of hydrogen-bond acceptors (Lipinski definition) is 4. The smallest absolute Gasteiger partial charge is 0.366 e. The molecule has 0 bridgehead atoms. The van der Waals surface area contributed by atoms with Crippen LogP contribution in [0.3, 0.4) is 0 Å². The highest BCUT2D eigenvalue weighted by Gasteiger charge is 2.37. The summed E-state index contributed by atoms with van der Waals surface area (Å²) < 4.78 is 53.6. The van der Waals surface area contributed by atoms with Crippen molar-refractivity contribution >= 4 is 5.91 Å². The third-order valence-electron chi connectivity index (χ3n) is 4.63. The Hall–Kier alpha value is -3.74. The number of alkyl halides is 3. The Morgan fingerprint density at radius 1 is 1.19 bits per heavy atom. The number of hydrogen-bond donors (Lipinski definition) is 1. The van der Waals surface area contributed by atoms with Gasteiger partial charge in [-0.3, -0.25) is 9.48 Å². The number of halogens is 4. The third-order valence-corrected chi connectivity index (χ3v) is 4.63. The molecule has 0 saturated carbocycles. The number of aryl methyl sites for hydroxylation is 2. The van der Waals surface area contributed by atoms with E-state index in [4.69, 9.17) is 11.0 Å². The summed E-state index contributed by atoms with van der Waals surface area (Å²) in [5, 5.41) is 12.6. The first kappa shape index (κ1) is 22.0. The van der Waals surface area contributed by atoms with Gasteiger partial charge in [-0.1, -0.05) is 6.07 Å². The summed E-state index contributed by atoms with van der Waals surface area (Å²) in [7, 11) is 0. The molecule has 1 aliphatic rings. The number of nitriles is 1. The number of primary amides is 1. The number of amides is 1. The number of nitrogens with two attached hydrogens (primary N) is 1. The highest BCUT2D eigenvalue weighted by molar-refractivity contribution is 5.93. The summed E-state index contributed by atoms with van der Waals surface area (Å²) in [5.41, 5.74) is 5.30. The van der Waals surface area contributed by atoms with Crippen LogP contribution in [0.5, 0.6) is 0 Å². The van der Waals surface area contributed by atoms with Gasteiger partial charge < -0.3 is 5.73 Å². The van der Waals surface area contributed by atoms with Gasteiger partial charge in [0.05, 0.1) is 17.3 Å². The molecule has 3 aromatic rings. The Morgan fingerprint density at radius 2 is 1.97 bits per heavy atom. The van der Waals surface area contributed by atoms with E-state index in [-0.39, 0.29) is 11.3 Å². The summed E-state index contributed by atoms with van der Waals surface area (Å²) in [5.74, 6) is -1.88. The molecule has 31 heavy (non-hydrogen) atoms. The molecule has 1 aliphatic heterocycles. The topological polar surface area (TPSA) is 97.6 Å². The zero-order valence-corrected chi connectivity index (χ0v) is 16.2. The van der Waals surface area contributed by atoms with Crippen molar-refractivity contribution in [3.8, 4) is 17.3 Å². The first-order chi connectivity index (χ1) is 14.7. The van der Waals surface area contributed by atoms with Gasteiger partial charge in [0.2, 0.25) is 5.91 Å². The fourth-order valence-electron chi connectivity index (χ4n) is 3.13. The second-order valence-electron chi connectivity index (χ2n) is 6.78. The predicted molar refractivity (Wildman–Crippen MR) is 103 cm³/mol. The molecule has 10 heteroatoms. The van der Waals surface area contributed by atoms with Crippen LogP contribution in [0.1, 0.15) is 40.2 Å². The quantitative estimate of drug-likeness (QED) is 0.618. The van der Waals surface area contributed by atoms with E-state index in [0.717, 1.165) is 31.2 Å². The fraction of sp³-hybridized carbons (Fsp3) is 0.238. The molecule has 0 radical (unpaired) electrons. The second kappa shape index (κ2) is 8.95. The Balaban J connectivity index is 0.000000210. The number of carbonyl (C=O) groups excluding carboxylic acids is 1. The molecule has 0 aliphatic carbocycles. The first-order valence-corrected chi connectivity index (χ1v) is 9.29. The molecule has 2 N–H and O–H groups in total. The summed E-state index contributed by atoms with van der Waals surface area (Å²) in [6.45, 7) is 0.716. The van der Waals surface area contributed by atoms with Gasteiger partial charge in [0.1, 0.15) is 0 Å². The molecular weight excluding hydrogens is 414 g/mol. The van der Waals surface area contributed by atoms with E-state index in [1.807, 2.05) is 6.07 Å². The molecule has 1 aromatic carbocycles. The maximum Gasteiger partial charge on any atom is 0.436 e. The molecule has 1 amide bonds. The molecule has 2 aromatic heterocycles. The minimum absolute atomic E-state index is 0.158. The fourth-order valence-corrected chi connectivity index (χ4v) is 3.13. The van der Waals surface area contributed by atoms with Crippen LogP contribution in [0.15, 0.2) is 42.6 Å². The Labute approximate surface area is 174 Å². The number of pyridine rings is 1. The van der Waals surface area contributed by atoms with Crippen molar-refractivity contribution in [2.75, 3.05) is 0 Å². The maximum atomic E-state index is 14.0. The summed E-state index contributed by atoms with van der Waals surface area (Å²) in [6.07, 6.45) is -1.05. The molecule has 6 nitrogen and oxygen atoms in total. The molecule has 0 spiro atoms. The summed E-state index contributed by atoms with van der Waals surface area (Å²) in [6, 6.07) is 11.1. The van der Waals surface area contributed by atoms with Crippen molar-refractivity contribution in [3.63, 3.8) is 0 Å². The first-order valence-electron chi connectivity index (χ1n) is 9.29.